The van der Waals surface area contributed by atoms with Crippen LogP contribution >= 0.6 is 0 Å². The molecule has 0 unspecified atom stereocenters. The molecule has 0 amide bonds. The average molecular weight is 220 g/mol. The minimum atomic E-state index is 0.596. The molecule has 2 heterocycles. The number of aromatic nitrogens is 4. The van der Waals surface area contributed by atoms with Crippen LogP contribution in [0.1, 0.15) is 5.69 Å². The number of nitrogens with zero attached hydrogens (tertiary/aromatic N) is 5. The van der Waals surface area contributed by atoms with Gasteiger partial charge in [-0.25, -0.2) is 9.97 Å². The van der Waals surface area contributed by atoms with E-state index < -0.39 is 0 Å². The Morgan fingerprint density at radius 1 is 1.44 bits per heavy atom. The van der Waals surface area contributed by atoms with Crippen molar-refractivity contribution in [2.75, 3.05) is 25.0 Å². The van der Waals surface area contributed by atoms with Crippen LogP contribution in [0.2, 0.25) is 0 Å². The van der Waals surface area contributed by atoms with Crippen LogP contribution < -0.4 is 10.6 Å². The molecule has 6 heteroatoms. The molecular weight excluding hydrogens is 204 g/mol. The number of fused-ring (bicyclic) bond motifs is 1. The molecule has 0 fully saturated rings. The summed E-state index contributed by atoms with van der Waals surface area (Å²) in [6, 6.07) is 0. The maximum absolute atomic E-state index is 5.55. The van der Waals surface area contributed by atoms with Gasteiger partial charge in [0.2, 0.25) is 0 Å². The average Bonchev–Trinajstić information content (AvgIpc) is 2.55. The third kappa shape index (κ3) is 1.61. The van der Waals surface area contributed by atoms with Gasteiger partial charge in [0.1, 0.15) is 17.4 Å². The van der Waals surface area contributed by atoms with Crippen molar-refractivity contribution in [2.24, 2.45) is 12.8 Å². The highest BCUT2D eigenvalue weighted by Crippen LogP contribution is 2.22. The van der Waals surface area contributed by atoms with Gasteiger partial charge >= 0.3 is 0 Å². The van der Waals surface area contributed by atoms with Gasteiger partial charge in [0.15, 0.2) is 5.82 Å². The number of nitrogens with two attached hydrogens (primary N) is 1. The second-order valence-corrected chi connectivity index (χ2v) is 3.81. The van der Waals surface area contributed by atoms with Crippen molar-refractivity contribution in [3.05, 3.63) is 12.0 Å². The van der Waals surface area contributed by atoms with Gasteiger partial charge in [0.25, 0.3) is 0 Å². The van der Waals surface area contributed by atoms with Crippen molar-refractivity contribution in [1.82, 2.24) is 19.7 Å². The fourth-order valence-corrected chi connectivity index (χ4v) is 1.83. The third-order valence-corrected chi connectivity index (χ3v) is 2.60. The van der Waals surface area contributed by atoms with Crippen LogP contribution in [0, 0.1) is 6.92 Å². The van der Waals surface area contributed by atoms with Crippen LogP contribution in [0.5, 0.6) is 0 Å². The number of aryl methyl sites for hydroxylation is 2. The number of hydrogen-bond donors (Lipinski definition) is 1. The van der Waals surface area contributed by atoms with Crippen molar-refractivity contribution in [1.29, 1.82) is 0 Å². The first-order valence-electron chi connectivity index (χ1n) is 5.20. The molecule has 0 aromatic carbocycles. The molecule has 2 aromatic rings. The highest BCUT2D eigenvalue weighted by Gasteiger charge is 2.14. The first kappa shape index (κ1) is 10.8. The molecule has 0 saturated carbocycles. The lowest BCUT2D eigenvalue weighted by atomic mass is 10.3. The standard InChI is InChI=1S/C10H16N6/c1-7-8-9(16(3)14-7)10(13-6-12-8)15(2)5-4-11/h6H,4-5,11H2,1-3H3. The van der Waals surface area contributed by atoms with E-state index in [0.717, 1.165) is 29.1 Å². The van der Waals surface area contributed by atoms with Crippen molar-refractivity contribution >= 4 is 16.9 Å². The fraction of sp³-hybridized carbons (Fsp3) is 0.500. The summed E-state index contributed by atoms with van der Waals surface area (Å²) in [5, 5.41) is 4.35. The minimum Gasteiger partial charge on any atom is -0.357 e. The Morgan fingerprint density at radius 2 is 2.19 bits per heavy atom. The van der Waals surface area contributed by atoms with Crippen LogP contribution in [0.15, 0.2) is 6.33 Å². The summed E-state index contributed by atoms with van der Waals surface area (Å²) in [5.41, 5.74) is 8.32. The van der Waals surface area contributed by atoms with Crippen LogP contribution in [0.3, 0.4) is 0 Å². The van der Waals surface area contributed by atoms with Crippen LogP contribution in [0.4, 0.5) is 5.82 Å². The lowest BCUT2D eigenvalue weighted by Gasteiger charge is -2.17. The zero-order valence-electron chi connectivity index (χ0n) is 9.80. The van der Waals surface area contributed by atoms with E-state index in [4.69, 9.17) is 5.73 Å². The van der Waals surface area contributed by atoms with E-state index in [-0.39, 0.29) is 0 Å². The lowest BCUT2D eigenvalue weighted by molar-refractivity contribution is 0.776. The minimum absolute atomic E-state index is 0.596. The summed E-state index contributed by atoms with van der Waals surface area (Å²) in [6.45, 7) is 3.30. The molecule has 0 saturated heterocycles. The highest BCUT2D eigenvalue weighted by molar-refractivity contribution is 5.87. The molecule has 0 aliphatic carbocycles. The summed E-state index contributed by atoms with van der Waals surface area (Å²) in [5.74, 6) is 0.874. The summed E-state index contributed by atoms with van der Waals surface area (Å²) < 4.78 is 1.81. The van der Waals surface area contributed by atoms with E-state index >= 15 is 0 Å². The molecule has 16 heavy (non-hydrogen) atoms. The number of likely N-dealkylation sites (N-methyl/N-ethyl adjacent to an activating group) is 1. The first-order valence-corrected chi connectivity index (χ1v) is 5.20. The normalized spacial score (nSPS) is 11.0. The van der Waals surface area contributed by atoms with Gasteiger partial charge in [-0.2, -0.15) is 5.10 Å². The van der Waals surface area contributed by atoms with Gasteiger partial charge in [-0.3, -0.25) is 4.68 Å². The van der Waals surface area contributed by atoms with Crippen LogP contribution in [0.25, 0.3) is 11.0 Å². The van der Waals surface area contributed by atoms with Crippen LogP contribution in [-0.2, 0) is 7.05 Å². The van der Waals surface area contributed by atoms with Gasteiger partial charge in [0, 0.05) is 27.2 Å². The van der Waals surface area contributed by atoms with E-state index in [1.54, 1.807) is 6.33 Å². The molecule has 2 rings (SSSR count). The van der Waals surface area contributed by atoms with E-state index in [9.17, 15) is 0 Å². The molecular formula is C10H16N6. The molecule has 0 aliphatic heterocycles. The summed E-state index contributed by atoms with van der Waals surface area (Å²) in [7, 11) is 3.87. The summed E-state index contributed by atoms with van der Waals surface area (Å²) in [4.78, 5) is 10.6. The Balaban J connectivity index is 2.61. The molecule has 2 aromatic heterocycles. The smallest absolute Gasteiger partial charge is 0.158 e. The first-order chi connectivity index (χ1) is 7.65. The Morgan fingerprint density at radius 3 is 2.88 bits per heavy atom. The van der Waals surface area contributed by atoms with Crippen molar-refractivity contribution in [2.45, 2.75) is 6.92 Å². The SMILES string of the molecule is Cc1nn(C)c2c(N(C)CCN)ncnc12. The maximum atomic E-state index is 5.55. The molecule has 6 nitrogen and oxygen atoms in total. The van der Waals surface area contributed by atoms with Gasteiger partial charge < -0.3 is 10.6 Å². The van der Waals surface area contributed by atoms with Crippen molar-refractivity contribution < 1.29 is 0 Å². The zero-order valence-corrected chi connectivity index (χ0v) is 9.80. The zero-order chi connectivity index (χ0) is 11.7. The second-order valence-electron chi connectivity index (χ2n) is 3.81. The molecule has 0 bridgehead atoms. The largest absolute Gasteiger partial charge is 0.357 e. The molecule has 86 valence electrons. The fourth-order valence-electron chi connectivity index (χ4n) is 1.83. The van der Waals surface area contributed by atoms with E-state index in [2.05, 4.69) is 15.1 Å². The predicted molar refractivity (Wildman–Crippen MR) is 63.4 cm³/mol. The van der Waals surface area contributed by atoms with E-state index in [1.807, 2.05) is 30.6 Å². The predicted octanol–water partition coefficient (Wildman–Crippen LogP) is 0.0666. The Hall–Kier alpha value is -1.69. The molecule has 0 radical (unpaired) electrons. The molecule has 0 spiro atoms. The quantitative estimate of drug-likeness (QED) is 0.792. The second kappa shape index (κ2) is 4.05. The maximum Gasteiger partial charge on any atom is 0.158 e. The van der Waals surface area contributed by atoms with Crippen molar-refractivity contribution in [3.8, 4) is 0 Å². The number of anilines is 1. The summed E-state index contributed by atoms with van der Waals surface area (Å²) >= 11 is 0. The molecule has 2 N–H and O–H groups in total. The Labute approximate surface area is 94.1 Å². The van der Waals surface area contributed by atoms with Crippen LogP contribution in [-0.4, -0.2) is 39.9 Å². The monoisotopic (exact) mass is 220 g/mol. The van der Waals surface area contributed by atoms with E-state index in [0.29, 0.717) is 6.54 Å². The van der Waals surface area contributed by atoms with E-state index in [1.165, 1.54) is 0 Å². The number of hydrogen-bond acceptors (Lipinski definition) is 5. The Bertz CT molecular complexity index is 503. The number of rotatable bonds is 3. The van der Waals surface area contributed by atoms with Gasteiger partial charge in [-0.1, -0.05) is 0 Å². The molecule has 0 aliphatic rings. The molecule has 0 atom stereocenters. The van der Waals surface area contributed by atoms with Gasteiger partial charge in [-0.15, -0.1) is 0 Å². The van der Waals surface area contributed by atoms with Crippen molar-refractivity contribution in [3.63, 3.8) is 0 Å². The van der Waals surface area contributed by atoms with Gasteiger partial charge in [0.05, 0.1) is 5.69 Å². The lowest BCUT2D eigenvalue weighted by Crippen LogP contribution is -2.26. The van der Waals surface area contributed by atoms with Gasteiger partial charge in [-0.05, 0) is 6.92 Å². The summed E-state index contributed by atoms with van der Waals surface area (Å²) in [6.07, 6.45) is 1.57. The third-order valence-electron chi connectivity index (χ3n) is 2.60. The topological polar surface area (TPSA) is 72.9 Å². The highest BCUT2D eigenvalue weighted by atomic mass is 15.3. The Kier molecular flexibility index (Phi) is 2.74.